The van der Waals surface area contributed by atoms with E-state index in [4.69, 9.17) is 12.8 Å². The SMILES string of the molecule is C#CC1=CNC(C)(C(=O)O)C(O)=C1C(SSC(C1=C(O)C(C)(C(=O)O)NC=C1C#C)c1ccccc1)c1ccccc1. The van der Waals surface area contributed by atoms with E-state index in [1.165, 1.54) is 47.8 Å². The van der Waals surface area contributed by atoms with Crippen molar-refractivity contribution in [2.75, 3.05) is 0 Å². The lowest BCUT2D eigenvalue weighted by Gasteiger charge is -2.35. The van der Waals surface area contributed by atoms with E-state index in [2.05, 4.69) is 22.5 Å². The molecule has 0 bridgehead atoms. The van der Waals surface area contributed by atoms with Gasteiger partial charge in [0.05, 0.1) is 10.5 Å². The van der Waals surface area contributed by atoms with Gasteiger partial charge in [-0.25, -0.2) is 9.59 Å². The van der Waals surface area contributed by atoms with Crippen LogP contribution in [0.2, 0.25) is 0 Å². The molecule has 4 rings (SSSR count). The quantitative estimate of drug-likeness (QED) is 0.164. The summed E-state index contributed by atoms with van der Waals surface area (Å²) in [6.07, 6.45) is 14.4. The van der Waals surface area contributed by atoms with Gasteiger partial charge < -0.3 is 31.1 Å². The minimum absolute atomic E-state index is 0.239. The number of aliphatic hydroxyl groups excluding tert-OH is 2. The zero-order chi connectivity index (χ0) is 30.7. The fourth-order valence-electron chi connectivity index (χ4n) is 4.52. The summed E-state index contributed by atoms with van der Waals surface area (Å²) in [7, 11) is 2.54. The Morgan fingerprint density at radius 2 is 1.05 bits per heavy atom. The number of rotatable bonds is 9. The van der Waals surface area contributed by atoms with Gasteiger partial charge in [-0.1, -0.05) is 94.1 Å². The van der Waals surface area contributed by atoms with Crippen LogP contribution in [0.4, 0.5) is 0 Å². The lowest BCUT2D eigenvalue weighted by Crippen LogP contribution is -2.51. The van der Waals surface area contributed by atoms with E-state index in [9.17, 15) is 30.0 Å². The van der Waals surface area contributed by atoms with Crippen LogP contribution in [0.15, 0.2) is 107 Å². The molecule has 0 saturated carbocycles. The van der Waals surface area contributed by atoms with Crippen LogP contribution in [0.25, 0.3) is 0 Å². The van der Waals surface area contributed by atoms with Gasteiger partial charge in [-0.2, -0.15) is 0 Å². The molecule has 4 unspecified atom stereocenters. The highest BCUT2D eigenvalue weighted by atomic mass is 33.1. The second-order valence-corrected chi connectivity index (χ2v) is 12.3. The van der Waals surface area contributed by atoms with E-state index in [1.54, 1.807) is 0 Å². The van der Waals surface area contributed by atoms with Gasteiger partial charge in [0.1, 0.15) is 11.5 Å². The van der Waals surface area contributed by atoms with E-state index in [-0.39, 0.29) is 22.3 Å². The highest BCUT2D eigenvalue weighted by molar-refractivity contribution is 8.76. The van der Waals surface area contributed by atoms with Gasteiger partial charge >= 0.3 is 11.9 Å². The van der Waals surface area contributed by atoms with Crippen LogP contribution >= 0.6 is 21.6 Å². The molecule has 4 atom stereocenters. The van der Waals surface area contributed by atoms with Crippen molar-refractivity contribution < 1.29 is 30.0 Å². The maximum atomic E-state index is 12.2. The van der Waals surface area contributed by atoms with E-state index < -0.39 is 45.0 Å². The minimum atomic E-state index is -1.83. The first-order valence-electron chi connectivity index (χ1n) is 12.6. The first-order chi connectivity index (χ1) is 20.0. The summed E-state index contributed by atoms with van der Waals surface area (Å²) >= 11 is 0. The average molecular weight is 601 g/mol. The minimum Gasteiger partial charge on any atom is -0.509 e. The zero-order valence-corrected chi connectivity index (χ0v) is 24.3. The van der Waals surface area contributed by atoms with Gasteiger partial charge in [0.25, 0.3) is 0 Å². The van der Waals surface area contributed by atoms with Crippen LogP contribution in [0.5, 0.6) is 0 Å². The Balaban J connectivity index is 1.89. The van der Waals surface area contributed by atoms with E-state index in [0.29, 0.717) is 0 Å². The van der Waals surface area contributed by atoms with Crippen molar-refractivity contribution in [2.24, 2.45) is 0 Å². The maximum Gasteiger partial charge on any atom is 0.337 e. The van der Waals surface area contributed by atoms with Crippen molar-refractivity contribution in [3.63, 3.8) is 0 Å². The number of aliphatic hydroxyl groups is 2. The van der Waals surface area contributed by atoms with Gasteiger partial charge in [-0.15, -0.1) is 12.8 Å². The molecule has 0 saturated heterocycles. The molecule has 42 heavy (non-hydrogen) atoms. The number of aliphatic carboxylic acids is 2. The Bertz CT molecular complexity index is 1500. The summed E-state index contributed by atoms with van der Waals surface area (Å²) in [5.74, 6) is 1.64. The van der Waals surface area contributed by atoms with Crippen LogP contribution in [0.1, 0.15) is 35.5 Å². The highest BCUT2D eigenvalue weighted by Crippen LogP contribution is 2.56. The van der Waals surface area contributed by atoms with Crippen molar-refractivity contribution in [2.45, 2.75) is 35.4 Å². The number of allylic oxidation sites excluding steroid dienone is 2. The molecule has 2 aliphatic heterocycles. The van der Waals surface area contributed by atoms with Crippen LogP contribution < -0.4 is 10.6 Å². The molecule has 2 aromatic carbocycles. The van der Waals surface area contributed by atoms with Crippen molar-refractivity contribution >= 4 is 33.5 Å². The molecule has 2 aliphatic rings. The third-order valence-corrected chi connectivity index (χ3v) is 10.2. The van der Waals surface area contributed by atoms with Gasteiger partial charge in [0.15, 0.2) is 11.1 Å². The number of hydrogen-bond acceptors (Lipinski definition) is 8. The largest absolute Gasteiger partial charge is 0.509 e. The van der Waals surface area contributed by atoms with Crippen molar-refractivity contribution in [3.8, 4) is 24.7 Å². The summed E-state index contributed by atoms with van der Waals surface area (Å²) in [6, 6.07) is 18.2. The van der Waals surface area contributed by atoms with Crippen LogP contribution in [-0.2, 0) is 9.59 Å². The molecule has 0 fully saturated rings. The van der Waals surface area contributed by atoms with Gasteiger partial charge in [0.2, 0.25) is 0 Å². The van der Waals surface area contributed by atoms with Crippen LogP contribution in [0, 0.1) is 24.7 Å². The molecule has 2 heterocycles. The monoisotopic (exact) mass is 600 g/mol. The second-order valence-electron chi connectivity index (χ2n) is 9.85. The Morgan fingerprint density at radius 3 is 1.33 bits per heavy atom. The molecular formula is C32H28N2O6S2. The molecule has 0 spiro atoms. The highest BCUT2D eigenvalue weighted by Gasteiger charge is 2.46. The standard InChI is InChI=1S/C32H28N2O6S2/c1-5-19-17-33-31(3,29(37)38)27(35)23(19)25(21-13-9-7-10-14-21)41-42-26(22-15-11-8-12-16-22)24-20(6-2)18-34-32(4,28(24)36)30(39)40/h1-2,7-18,25-26,33-36H,3-4H3,(H,37,38)(H,39,40). The van der Waals surface area contributed by atoms with E-state index >= 15 is 0 Å². The fraction of sp³-hybridized carbons (Fsp3) is 0.188. The van der Waals surface area contributed by atoms with Crippen molar-refractivity contribution in [1.82, 2.24) is 10.6 Å². The Kier molecular flexibility index (Phi) is 8.72. The second kappa shape index (κ2) is 12.1. The third-order valence-electron chi connectivity index (χ3n) is 7.19. The summed E-state index contributed by atoms with van der Waals surface area (Å²) in [6.45, 7) is 2.69. The van der Waals surface area contributed by atoms with E-state index in [1.807, 2.05) is 60.7 Å². The molecule has 214 valence electrons. The summed E-state index contributed by atoms with van der Waals surface area (Å²) in [5.41, 5.74) is -1.17. The summed E-state index contributed by atoms with van der Waals surface area (Å²) in [5, 5.41) is 46.7. The van der Waals surface area contributed by atoms with Crippen molar-refractivity contribution in [1.29, 1.82) is 0 Å². The molecule has 6 N–H and O–H groups in total. The predicted octanol–water partition coefficient (Wildman–Crippen LogP) is 5.40. The third kappa shape index (κ3) is 5.35. The molecule has 0 aromatic heterocycles. The number of nitrogens with one attached hydrogen (secondary N) is 2. The lowest BCUT2D eigenvalue weighted by molar-refractivity contribution is -0.144. The number of terminal acetylenes is 2. The molecule has 0 amide bonds. The summed E-state index contributed by atoms with van der Waals surface area (Å²) < 4.78 is 0. The number of carboxylic acids is 2. The van der Waals surface area contributed by atoms with Gasteiger partial charge in [-0.3, -0.25) is 0 Å². The molecular weight excluding hydrogens is 572 g/mol. The number of hydrogen-bond donors (Lipinski definition) is 6. The van der Waals surface area contributed by atoms with Crippen molar-refractivity contribution in [3.05, 3.63) is 118 Å². The molecule has 0 radical (unpaired) electrons. The number of carbonyl (C=O) groups is 2. The lowest BCUT2D eigenvalue weighted by atomic mass is 9.86. The fourth-order valence-corrected chi connectivity index (χ4v) is 7.86. The van der Waals surface area contributed by atoms with Crippen LogP contribution in [0.3, 0.4) is 0 Å². The first kappa shape index (κ1) is 30.3. The molecule has 2 aromatic rings. The molecule has 8 nitrogen and oxygen atoms in total. The van der Waals surface area contributed by atoms with Gasteiger partial charge in [-0.05, 0) is 25.0 Å². The Hall–Kier alpha value is -4.64. The number of carboxylic acid groups (broad SMARTS) is 2. The van der Waals surface area contributed by atoms with E-state index in [0.717, 1.165) is 11.1 Å². The Labute approximate surface area is 251 Å². The topological polar surface area (TPSA) is 139 Å². The van der Waals surface area contributed by atoms with Gasteiger partial charge in [0, 0.05) is 34.7 Å². The number of dihydropyridines is 2. The average Bonchev–Trinajstić information content (AvgIpc) is 2.99. The maximum absolute atomic E-state index is 12.2. The summed E-state index contributed by atoms with van der Waals surface area (Å²) in [4.78, 5) is 24.4. The number of benzene rings is 2. The smallest absolute Gasteiger partial charge is 0.337 e. The first-order valence-corrected chi connectivity index (χ1v) is 14.9. The molecule has 10 heteroatoms. The molecule has 0 aliphatic carbocycles. The predicted molar refractivity (Wildman–Crippen MR) is 165 cm³/mol. The normalized spacial score (nSPS) is 23.2. The van der Waals surface area contributed by atoms with Crippen LogP contribution in [-0.4, -0.2) is 43.4 Å². The Morgan fingerprint density at radius 1 is 0.714 bits per heavy atom. The zero-order valence-electron chi connectivity index (χ0n) is 22.7.